The maximum absolute atomic E-state index is 11.4. The SMILES string of the molecule is CCCCCCC[C@H]1OC(C)(C)O[C@@H]1Cc1ccc(C(C)=O)cc1. The highest BCUT2D eigenvalue weighted by Crippen LogP contribution is 2.33. The topological polar surface area (TPSA) is 35.5 Å². The van der Waals surface area contributed by atoms with Crippen molar-refractivity contribution in [3.8, 4) is 0 Å². The molecular formula is C21H32O3. The van der Waals surface area contributed by atoms with Crippen molar-refractivity contribution in [3.05, 3.63) is 35.4 Å². The fraction of sp³-hybridized carbons (Fsp3) is 0.667. The van der Waals surface area contributed by atoms with Crippen LogP contribution in [0.15, 0.2) is 24.3 Å². The van der Waals surface area contributed by atoms with Gasteiger partial charge in [-0.3, -0.25) is 4.79 Å². The molecule has 0 aromatic heterocycles. The molecule has 0 aliphatic carbocycles. The van der Waals surface area contributed by atoms with Gasteiger partial charge in [0.1, 0.15) is 0 Å². The number of Topliss-reactive ketones (excluding diaryl/α,β-unsaturated/α-hetero) is 1. The number of ketones is 1. The molecule has 3 heteroatoms. The number of hydrogen-bond donors (Lipinski definition) is 0. The average Bonchev–Trinajstić information content (AvgIpc) is 2.81. The molecule has 0 spiro atoms. The minimum atomic E-state index is -0.502. The fourth-order valence-corrected chi connectivity index (χ4v) is 3.38. The number of carbonyl (C=O) groups excluding carboxylic acids is 1. The van der Waals surface area contributed by atoms with Gasteiger partial charge in [0.15, 0.2) is 11.6 Å². The van der Waals surface area contributed by atoms with Crippen LogP contribution in [0.4, 0.5) is 0 Å². The van der Waals surface area contributed by atoms with E-state index in [4.69, 9.17) is 9.47 Å². The van der Waals surface area contributed by atoms with Crippen molar-refractivity contribution in [2.24, 2.45) is 0 Å². The highest BCUT2D eigenvalue weighted by Gasteiger charge is 2.40. The van der Waals surface area contributed by atoms with E-state index in [-0.39, 0.29) is 18.0 Å². The zero-order valence-corrected chi connectivity index (χ0v) is 15.6. The van der Waals surface area contributed by atoms with Crippen LogP contribution in [0, 0.1) is 0 Å². The van der Waals surface area contributed by atoms with Crippen molar-refractivity contribution in [2.45, 2.75) is 90.6 Å². The van der Waals surface area contributed by atoms with Gasteiger partial charge in [-0.1, -0.05) is 63.3 Å². The van der Waals surface area contributed by atoms with Crippen LogP contribution in [0.5, 0.6) is 0 Å². The Bertz CT molecular complexity index is 518. The minimum absolute atomic E-state index is 0.0920. The van der Waals surface area contributed by atoms with Crippen LogP contribution < -0.4 is 0 Å². The largest absolute Gasteiger partial charge is 0.345 e. The summed E-state index contributed by atoms with van der Waals surface area (Å²) >= 11 is 0. The summed E-state index contributed by atoms with van der Waals surface area (Å²) in [6, 6.07) is 7.87. The van der Waals surface area contributed by atoms with Gasteiger partial charge in [-0.15, -0.1) is 0 Å². The van der Waals surface area contributed by atoms with Gasteiger partial charge in [-0.25, -0.2) is 0 Å². The van der Waals surface area contributed by atoms with E-state index in [1.54, 1.807) is 6.92 Å². The molecule has 1 aromatic rings. The van der Waals surface area contributed by atoms with E-state index >= 15 is 0 Å². The highest BCUT2D eigenvalue weighted by atomic mass is 16.7. The number of benzene rings is 1. The van der Waals surface area contributed by atoms with Crippen molar-refractivity contribution in [3.63, 3.8) is 0 Å². The van der Waals surface area contributed by atoms with E-state index in [0.717, 1.165) is 18.4 Å². The smallest absolute Gasteiger partial charge is 0.163 e. The van der Waals surface area contributed by atoms with E-state index < -0.39 is 5.79 Å². The Morgan fingerprint density at radius 2 is 1.62 bits per heavy atom. The molecule has 1 fully saturated rings. The third-order valence-electron chi connectivity index (χ3n) is 4.67. The minimum Gasteiger partial charge on any atom is -0.345 e. The Morgan fingerprint density at radius 1 is 1.00 bits per heavy atom. The van der Waals surface area contributed by atoms with E-state index in [9.17, 15) is 4.79 Å². The van der Waals surface area contributed by atoms with E-state index in [2.05, 4.69) is 6.92 Å². The quantitative estimate of drug-likeness (QED) is 0.454. The van der Waals surface area contributed by atoms with E-state index in [1.807, 2.05) is 38.1 Å². The third-order valence-corrected chi connectivity index (χ3v) is 4.67. The summed E-state index contributed by atoms with van der Waals surface area (Å²) in [5, 5.41) is 0. The Kier molecular flexibility index (Phi) is 7.00. The monoisotopic (exact) mass is 332 g/mol. The molecule has 0 saturated carbocycles. The van der Waals surface area contributed by atoms with Gasteiger partial charge < -0.3 is 9.47 Å². The molecule has 1 heterocycles. The molecule has 134 valence electrons. The molecule has 1 aromatic carbocycles. The van der Waals surface area contributed by atoms with Gasteiger partial charge in [0.2, 0.25) is 0 Å². The maximum Gasteiger partial charge on any atom is 0.163 e. The van der Waals surface area contributed by atoms with Gasteiger partial charge in [0.05, 0.1) is 12.2 Å². The van der Waals surface area contributed by atoms with Crippen molar-refractivity contribution in [2.75, 3.05) is 0 Å². The van der Waals surface area contributed by atoms with Crippen LogP contribution in [0.1, 0.15) is 82.1 Å². The lowest BCUT2D eigenvalue weighted by molar-refractivity contribution is -0.146. The normalized spacial score (nSPS) is 22.7. The molecule has 0 amide bonds. The summed E-state index contributed by atoms with van der Waals surface area (Å²) in [6.45, 7) is 7.83. The van der Waals surface area contributed by atoms with Crippen LogP contribution >= 0.6 is 0 Å². The summed E-state index contributed by atoms with van der Waals surface area (Å²) in [4.78, 5) is 11.4. The van der Waals surface area contributed by atoms with Gasteiger partial charge in [-0.05, 0) is 32.8 Å². The summed E-state index contributed by atoms with van der Waals surface area (Å²) < 4.78 is 12.3. The zero-order valence-electron chi connectivity index (χ0n) is 15.6. The molecule has 0 bridgehead atoms. The lowest BCUT2D eigenvalue weighted by Crippen LogP contribution is -2.25. The number of ether oxygens (including phenoxy) is 2. The molecule has 0 radical (unpaired) electrons. The predicted octanol–water partition coefficient (Wildman–Crippen LogP) is 5.31. The average molecular weight is 332 g/mol. The summed E-state index contributed by atoms with van der Waals surface area (Å²) in [5.74, 6) is -0.397. The van der Waals surface area contributed by atoms with Gasteiger partial charge in [0, 0.05) is 12.0 Å². The zero-order chi connectivity index (χ0) is 17.6. The van der Waals surface area contributed by atoms with Crippen molar-refractivity contribution in [1.29, 1.82) is 0 Å². The van der Waals surface area contributed by atoms with Gasteiger partial charge in [0.25, 0.3) is 0 Å². The molecule has 1 saturated heterocycles. The first kappa shape index (κ1) is 19.1. The van der Waals surface area contributed by atoms with Crippen molar-refractivity contribution < 1.29 is 14.3 Å². The van der Waals surface area contributed by atoms with Crippen molar-refractivity contribution >= 4 is 5.78 Å². The number of hydrogen-bond acceptors (Lipinski definition) is 3. The second-order valence-corrected chi connectivity index (χ2v) is 7.37. The summed E-state index contributed by atoms with van der Waals surface area (Å²) in [7, 11) is 0. The van der Waals surface area contributed by atoms with Gasteiger partial charge in [-0.2, -0.15) is 0 Å². The lowest BCUT2D eigenvalue weighted by atomic mass is 9.98. The molecule has 1 aliphatic heterocycles. The molecule has 3 nitrogen and oxygen atoms in total. The second-order valence-electron chi connectivity index (χ2n) is 7.37. The van der Waals surface area contributed by atoms with Crippen LogP contribution in [0.3, 0.4) is 0 Å². The summed E-state index contributed by atoms with van der Waals surface area (Å²) in [6.07, 6.45) is 8.52. The first-order chi connectivity index (χ1) is 11.4. The van der Waals surface area contributed by atoms with Crippen LogP contribution in [0.25, 0.3) is 0 Å². The highest BCUT2D eigenvalue weighted by molar-refractivity contribution is 5.93. The fourth-order valence-electron chi connectivity index (χ4n) is 3.38. The van der Waals surface area contributed by atoms with Crippen LogP contribution in [-0.2, 0) is 15.9 Å². The molecule has 0 N–H and O–H groups in total. The Morgan fingerprint density at radius 3 is 2.25 bits per heavy atom. The molecule has 2 atom stereocenters. The number of rotatable bonds is 9. The van der Waals surface area contributed by atoms with Crippen LogP contribution in [-0.4, -0.2) is 23.8 Å². The first-order valence-corrected chi connectivity index (χ1v) is 9.37. The van der Waals surface area contributed by atoms with Crippen molar-refractivity contribution in [1.82, 2.24) is 0 Å². The Balaban J connectivity index is 1.91. The lowest BCUT2D eigenvalue weighted by Gasteiger charge is -2.17. The molecular weight excluding hydrogens is 300 g/mol. The molecule has 2 rings (SSSR count). The maximum atomic E-state index is 11.4. The second kappa shape index (κ2) is 8.77. The predicted molar refractivity (Wildman–Crippen MR) is 97.4 cm³/mol. The summed E-state index contributed by atoms with van der Waals surface area (Å²) in [5.41, 5.74) is 1.96. The first-order valence-electron chi connectivity index (χ1n) is 9.37. The Hall–Kier alpha value is -1.19. The van der Waals surface area contributed by atoms with E-state index in [1.165, 1.54) is 37.7 Å². The standard InChI is InChI=1S/C21H32O3/c1-5-6-7-8-9-10-19-20(24-21(3,4)23-19)15-17-11-13-18(14-12-17)16(2)22/h11-14,19-20H,5-10,15H2,1-4H3/t19-,20-/m1/s1. The van der Waals surface area contributed by atoms with E-state index in [0.29, 0.717) is 0 Å². The Labute approximate surface area is 146 Å². The number of carbonyl (C=O) groups is 1. The third kappa shape index (κ3) is 5.71. The number of unbranched alkanes of at least 4 members (excludes halogenated alkanes) is 4. The molecule has 1 aliphatic rings. The molecule has 24 heavy (non-hydrogen) atoms. The van der Waals surface area contributed by atoms with Crippen LogP contribution in [0.2, 0.25) is 0 Å². The van der Waals surface area contributed by atoms with Gasteiger partial charge >= 0.3 is 0 Å². The molecule has 0 unspecified atom stereocenters.